The third kappa shape index (κ3) is 8.79. The van der Waals surface area contributed by atoms with Gasteiger partial charge in [-0.1, -0.05) is 71.0 Å². The van der Waals surface area contributed by atoms with Crippen molar-refractivity contribution in [3.8, 4) is 79.5 Å². The Morgan fingerprint density at radius 2 is 0.987 bits per heavy atom. The van der Waals surface area contributed by atoms with Crippen LogP contribution in [0.2, 0.25) is 0 Å². The highest BCUT2D eigenvalue weighted by molar-refractivity contribution is 7.29. The van der Waals surface area contributed by atoms with Crippen molar-refractivity contribution < 1.29 is 29.0 Å². The predicted octanol–water partition coefficient (Wildman–Crippen LogP) is 18.9. The lowest BCUT2D eigenvalue weighted by Gasteiger charge is -2.34. The van der Waals surface area contributed by atoms with Crippen LogP contribution in [0.15, 0.2) is 139 Å². The van der Waals surface area contributed by atoms with Crippen molar-refractivity contribution in [2.45, 2.75) is 78.6 Å². The Hall–Kier alpha value is -7.66. The quantitative estimate of drug-likeness (QED) is 0.0544. The maximum absolute atomic E-state index is 12.8. The van der Waals surface area contributed by atoms with Crippen LogP contribution in [-0.4, -0.2) is 36.9 Å². The van der Waals surface area contributed by atoms with Gasteiger partial charge in [-0.2, -0.15) is 5.26 Å². The zero-order valence-electron chi connectivity index (χ0n) is 45.5. The van der Waals surface area contributed by atoms with E-state index in [0.717, 1.165) is 69.0 Å². The van der Waals surface area contributed by atoms with E-state index in [9.17, 15) is 24.8 Å². The lowest BCUT2D eigenvalue weighted by atomic mass is 9.68. The van der Waals surface area contributed by atoms with Gasteiger partial charge in [0.1, 0.15) is 23.1 Å². The average Bonchev–Trinajstić information content (AvgIpc) is 4.15. The summed E-state index contributed by atoms with van der Waals surface area (Å²) in [5, 5.41) is 19.2. The van der Waals surface area contributed by atoms with Gasteiger partial charge in [0.2, 0.25) is 0 Å². The Kier molecular flexibility index (Phi) is 14.1. The van der Waals surface area contributed by atoms with Crippen molar-refractivity contribution >= 4 is 86.0 Å². The fraction of sp³-hybridized carbons (Fsp3) is 0.224. The number of Topliss-reactive ketones (excluding diaryl/α,β-unsaturated/α-hetero) is 2. The van der Waals surface area contributed by atoms with Crippen molar-refractivity contribution in [1.29, 1.82) is 5.26 Å². The predicted molar refractivity (Wildman–Crippen MR) is 327 cm³/mol. The van der Waals surface area contributed by atoms with E-state index in [4.69, 9.17) is 9.47 Å². The maximum atomic E-state index is 12.8. The van der Waals surface area contributed by atoms with Crippen LogP contribution >= 0.6 is 45.3 Å². The van der Waals surface area contributed by atoms with Crippen LogP contribution in [0.4, 0.5) is 17.1 Å². The first-order valence-corrected chi connectivity index (χ1v) is 29.8. The number of rotatable bonds is 17. The number of thiophene rings is 4. The molecule has 0 aliphatic heterocycles. The number of fused-ring (bicyclic) bond motifs is 6. The molecule has 0 amide bonds. The van der Waals surface area contributed by atoms with Gasteiger partial charge >= 0.3 is 5.97 Å². The Bertz CT molecular complexity index is 3860. The normalized spacial score (nSPS) is 14.8. The third-order valence-electron chi connectivity index (χ3n) is 16.5. The number of ketones is 2. The van der Waals surface area contributed by atoms with E-state index >= 15 is 0 Å². The van der Waals surface area contributed by atoms with Crippen LogP contribution < -0.4 is 14.4 Å². The molecule has 9 aromatic rings. The van der Waals surface area contributed by atoms with Gasteiger partial charge in [-0.25, -0.2) is 4.79 Å². The number of carboxylic acids is 1. The lowest BCUT2D eigenvalue weighted by Crippen LogP contribution is -2.30. The highest BCUT2D eigenvalue weighted by atomic mass is 32.1. The topological polar surface area (TPSA) is 117 Å². The maximum Gasteiger partial charge on any atom is 0.346 e. The van der Waals surface area contributed by atoms with E-state index in [1.165, 1.54) is 62.5 Å². The number of nitriles is 1. The molecule has 1 N–H and O–H groups in total. The lowest BCUT2D eigenvalue weighted by molar-refractivity contribution is -0.132. The van der Waals surface area contributed by atoms with Crippen LogP contribution in [0.25, 0.3) is 68.0 Å². The molecule has 12 heteroatoms. The Balaban J connectivity index is 0.951. The number of hydrogen-bond donors (Lipinski definition) is 1. The monoisotopic (exact) mass is 1110 g/mol. The molecule has 1 unspecified atom stereocenters. The molecule has 0 radical (unpaired) electrons. The van der Waals surface area contributed by atoms with Gasteiger partial charge in [0.25, 0.3) is 0 Å². The van der Waals surface area contributed by atoms with Gasteiger partial charge in [-0.05, 0) is 192 Å². The number of carbonyl (C=O) groups excluding carboxylic acids is 2. The first kappa shape index (κ1) is 53.3. The minimum Gasteiger partial charge on any atom is -0.497 e. The number of nitrogens with zero attached hydrogens (tertiary/aromatic N) is 2. The molecule has 79 heavy (non-hydrogen) atoms. The van der Waals surface area contributed by atoms with E-state index in [1.807, 2.05) is 64.3 Å². The number of anilines is 3. The Morgan fingerprint density at radius 1 is 0.570 bits per heavy atom. The molecule has 0 saturated heterocycles. The first-order chi connectivity index (χ1) is 38.1. The summed E-state index contributed by atoms with van der Waals surface area (Å²) in [5.74, 6) is 0.274. The van der Waals surface area contributed by atoms with Gasteiger partial charge in [-0.15, -0.1) is 45.3 Å². The molecule has 8 nitrogen and oxygen atoms in total. The molecule has 2 aliphatic rings. The summed E-state index contributed by atoms with van der Waals surface area (Å²) in [7, 11) is 3.20. The van der Waals surface area contributed by atoms with Crippen molar-refractivity contribution in [1.82, 2.24) is 0 Å². The van der Waals surface area contributed by atoms with E-state index in [-0.39, 0.29) is 28.0 Å². The summed E-state index contributed by atoms with van der Waals surface area (Å²) in [6.07, 6.45) is 4.39. The highest BCUT2D eigenvalue weighted by Gasteiger charge is 2.48. The van der Waals surface area contributed by atoms with Crippen molar-refractivity contribution in [3.05, 3.63) is 177 Å². The van der Waals surface area contributed by atoms with Crippen molar-refractivity contribution in [3.63, 3.8) is 0 Å². The van der Waals surface area contributed by atoms with Crippen molar-refractivity contribution in [2.75, 3.05) is 19.1 Å². The molecule has 4 aromatic heterocycles. The molecule has 0 spiro atoms. The van der Waals surface area contributed by atoms with Crippen molar-refractivity contribution in [2.24, 2.45) is 5.92 Å². The molecule has 2 aliphatic carbocycles. The van der Waals surface area contributed by atoms with Crippen LogP contribution in [0.1, 0.15) is 116 Å². The first-order valence-electron chi connectivity index (χ1n) is 26.5. The van der Waals surface area contributed by atoms with E-state index in [2.05, 4.69) is 137 Å². The second-order valence-electron chi connectivity index (χ2n) is 20.6. The fourth-order valence-electron chi connectivity index (χ4n) is 12.3. The summed E-state index contributed by atoms with van der Waals surface area (Å²) in [5.41, 5.74) is 13.5. The SMILES string of the molecule is CCC1(CC)c2cc(-c3ccc(N(c4ccc(-c5ccc(OC)cc5C(C)=O)cc4)c4ccc(-c5ccc(OC)cc5C(C)=O)cc4)cc3)sc2-c2sc(-c3cc4c(s3)-c3sc(/C=C(\C#N)C(=O)O)cc3C4(CC)C(C)C)cc21. The molecule has 5 aromatic carbocycles. The van der Waals surface area contributed by atoms with Crippen LogP contribution in [0, 0.1) is 17.2 Å². The second-order valence-corrected chi connectivity index (χ2v) is 24.8. The number of ether oxygens (including phenoxy) is 2. The number of carbonyl (C=O) groups is 3. The van der Waals surface area contributed by atoms with Gasteiger partial charge < -0.3 is 19.5 Å². The summed E-state index contributed by atoms with van der Waals surface area (Å²) in [4.78, 5) is 49.5. The van der Waals surface area contributed by atoms with Crippen LogP contribution in [0.3, 0.4) is 0 Å². The summed E-state index contributed by atoms with van der Waals surface area (Å²) in [6.45, 7) is 14.6. The number of methoxy groups -OCH3 is 2. The van der Waals surface area contributed by atoms with Gasteiger partial charge in [-0.3, -0.25) is 9.59 Å². The van der Waals surface area contributed by atoms with Crippen LogP contribution in [0.5, 0.6) is 11.5 Å². The minimum absolute atomic E-state index is 0.0378. The largest absolute Gasteiger partial charge is 0.497 e. The van der Waals surface area contributed by atoms with Crippen LogP contribution in [-0.2, 0) is 15.6 Å². The molecule has 396 valence electrons. The molecule has 0 bridgehead atoms. The fourth-order valence-corrected chi connectivity index (χ4v) is 17.6. The second kappa shape index (κ2) is 20.9. The number of aliphatic carboxylic acids is 1. The molecule has 11 rings (SSSR count). The zero-order chi connectivity index (χ0) is 55.7. The van der Waals surface area contributed by atoms with E-state index in [1.54, 1.807) is 51.5 Å². The van der Waals surface area contributed by atoms with E-state index < -0.39 is 5.97 Å². The summed E-state index contributed by atoms with van der Waals surface area (Å²) < 4.78 is 10.9. The summed E-state index contributed by atoms with van der Waals surface area (Å²) >= 11 is 7.22. The standard InChI is InChI=1S/C67H58N2O6S4/c1-10-66(11-2)54-33-58(77-61(54)62-55(66)34-59(78-62)60-35-57-64(79-60)63-56(67(57,12-3)37(4)5)32-49(76-63)29-43(36-68)65(72)73)42-17-23-46(24-18-42)69(44-19-13-40(14-20-44)50-27-25-47(74-8)30-52(50)38(6)70)45-21-15-41(16-22-45)51-28-26-48(75-9)31-53(51)39(7)71/h13-35,37H,10-12H2,1-9H3,(H,72,73)/b43-29+. The minimum atomic E-state index is -1.21. The summed E-state index contributed by atoms with van der Waals surface area (Å²) in [6, 6.07) is 48.0. The third-order valence-corrected chi connectivity index (χ3v) is 21.5. The molecule has 0 fully saturated rings. The van der Waals surface area contributed by atoms with Gasteiger partial charge in [0, 0.05) is 78.0 Å². The zero-order valence-corrected chi connectivity index (χ0v) is 48.8. The Morgan fingerprint density at radius 3 is 1.41 bits per heavy atom. The number of carboxylic acid groups (broad SMARTS) is 1. The number of benzene rings is 5. The molecule has 1 atom stereocenters. The van der Waals surface area contributed by atoms with E-state index in [0.29, 0.717) is 28.5 Å². The van der Waals surface area contributed by atoms with Gasteiger partial charge in [0.05, 0.1) is 14.2 Å². The molecular formula is C67H58N2O6S4. The van der Waals surface area contributed by atoms with Gasteiger partial charge in [0.15, 0.2) is 11.6 Å². The Labute approximate surface area is 477 Å². The number of hydrogen-bond acceptors (Lipinski definition) is 11. The molecule has 0 saturated carbocycles. The highest BCUT2D eigenvalue weighted by Crippen LogP contribution is 2.64. The average molecular weight is 1120 g/mol. The molecule has 4 heterocycles. The molecular weight excluding hydrogens is 1060 g/mol. The smallest absolute Gasteiger partial charge is 0.346 e.